The van der Waals surface area contributed by atoms with Gasteiger partial charge in [-0.2, -0.15) is 0 Å². The van der Waals surface area contributed by atoms with Gasteiger partial charge in [-0.3, -0.25) is 19.6 Å². The van der Waals surface area contributed by atoms with Crippen LogP contribution in [0, 0.1) is 0 Å². The monoisotopic (exact) mass is 286 g/mol. The Kier molecular flexibility index (Phi) is 3.09. The van der Waals surface area contributed by atoms with Crippen LogP contribution in [0.3, 0.4) is 0 Å². The summed E-state index contributed by atoms with van der Waals surface area (Å²) < 4.78 is 0. The molecule has 0 fully saturated rings. The molecule has 2 N–H and O–H groups in total. The Morgan fingerprint density at radius 2 is 1.76 bits per heavy atom. The molecule has 108 valence electrons. The Morgan fingerprint density at radius 3 is 2.48 bits per heavy atom. The highest BCUT2D eigenvalue weighted by molar-refractivity contribution is 5.98. The van der Waals surface area contributed by atoms with E-state index >= 15 is 0 Å². The van der Waals surface area contributed by atoms with Crippen LogP contribution in [0.2, 0.25) is 0 Å². The van der Waals surface area contributed by atoms with Crippen LogP contribution in [-0.4, -0.2) is 29.5 Å². The van der Waals surface area contributed by atoms with Gasteiger partial charge in [0.25, 0.3) is 5.56 Å². The molecule has 0 saturated carbocycles. The third-order valence-corrected chi connectivity index (χ3v) is 3.49. The lowest BCUT2D eigenvalue weighted by molar-refractivity contribution is -0.118. The SMILES string of the molecule is CN1C(=O)CCN(c2ccccc2)c2[nH]c(=O)[nH]c(=O)c21. The predicted molar refractivity (Wildman–Crippen MR) is 79.2 cm³/mol. The van der Waals surface area contributed by atoms with E-state index in [1.54, 1.807) is 4.90 Å². The molecular weight excluding hydrogens is 272 g/mol. The molecule has 1 aliphatic rings. The molecule has 0 unspecified atom stereocenters. The van der Waals surface area contributed by atoms with Gasteiger partial charge in [-0.25, -0.2) is 4.79 Å². The molecule has 21 heavy (non-hydrogen) atoms. The summed E-state index contributed by atoms with van der Waals surface area (Å²) in [5.74, 6) is 0.163. The van der Waals surface area contributed by atoms with Crippen molar-refractivity contribution in [2.45, 2.75) is 6.42 Å². The number of para-hydroxylation sites is 1. The Hall–Kier alpha value is -2.83. The summed E-state index contributed by atoms with van der Waals surface area (Å²) in [5.41, 5.74) is -0.209. The van der Waals surface area contributed by atoms with Crippen LogP contribution in [0.5, 0.6) is 0 Å². The molecule has 1 aliphatic heterocycles. The fraction of sp³-hybridized carbons (Fsp3) is 0.214. The molecular formula is C14H14N4O3. The number of H-pyrrole nitrogens is 2. The maximum absolute atomic E-state index is 12.1. The molecule has 1 aromatic carbocycles. The first-order valence-corrected chi connectivity index (χ1v) is 6.53. The van der Waals surface area contributed by atoms with E-state index in [2.05, 4.69) is 9.97 Å². The van der Waals surface area contributed by atoms with Crippen LogP contribution < -0.4 is 21.0 Å². The first-order chi connectivity index (χ1) is 10.1. The topological polar surface area (TPSA) is 89.3 Å². The number of carbonyl (C=O) groups is 1. The van der Waals surface area contributed by atoms with Crippen molar-refractivity contribution in [2.75, 3.05) is 23.4 Å². The summed E-state index contributed by atoms with van der Waals surface area (Å²) in [6, 6.07) is 9.31. The van der Waals surface area contributed by atoms with Crippen LogP contribution in [0.1, 0.15) is 6.42 Å². The van der Waals surface area contributed by atoms with Crippen molar-refractivity contribution in [2.24, 2.45) is 0 Å². The van der Waals surface area contributed by atoms with Crippen LogP contribution in [0.25, 0.3) is 0 Å². The number of nitrogens with one attached hydrogen (secondary N) is 2. The van der Waals surface area contributed by atoms with Crippen molar-refractivity contribution in [1.82, 2.24) is 9.97 Å². The minimum atomic E-state index is -0.595. The van der Waals surface area contributed by atoms with E-state index in [-0.39, 0.29) is 18.0 Å². The summed E-state index contributed by atoms with van der Waals surface area (Å²) in [7, 11) is 1.53. The van der Waals surface area contributed by atoms with E-state index < -0.39 is 11.2 Å². The van der Waals surface area contributed by atoms with E-state index in [0.717, 1.165) is 5.69 Å². The summed E-state index contributed by atoms with van der Waals surface area (Å²) in [6.07, 6.45) is 0.252. The molecule has 1 amide bonds. The number of fused-ring (bicyclic) bond motifs is 1. The highest BCUT2D eigenvalue weighted by Gasteiger charge is 2.28. The van der Waals surface area contributed by atoms with E-state index in [0.29, 0.717) is 12.4 Å². The van der Waals surface area contributed by atoms with Gasteiger partial charge in [0.05, 0.1) is 0 Å². The second-order valence-electron chi connectivity index (χ2n) is 4.80. The lowest BCUT2D eigenvalue weighted by Gasteiger charge is -2.23. The number of amides is 1. The number of rotatable bonds is 1. The van der Waals surface area contributed by atoms with Crippen molar-refractivity contribution >= 4 is 23.1 Å². The Balaban J connectivity index is 2.27. The molecule has 2 heterocycles. The van der Waals surface area contributed by atoms with E-state index in [1.165, 1.54) is 11.9 Å². The molecule has 0 spiro atoms. The van der Waals surface area contributed by atoms with Crippen molar-refractivity contribution < 1.29 is 4.79 Å². The zero-order chi connectivity index (χ0) is 15.0. The number of benzene rings is 1. The van der Waals surface area contributed by atoms with Crippen molar-refractivity contribution in [3.63, 3.8) is 0 Å². The molecule has 7 nitrogen and oxygen atoms in total. The smallest absolute Gasteiger partial charge is 0.325 e. The van der Waals surface area contributed by atoms with E-state index in [1.807, 2.05) is 30.3 Å². The average Bonchev–Trinajstić information content (AvgIpc) is 2.58. The van der Waals surface area contributed by atoms with Crippen LogP contribution in [0.15, 0.2) is 39.9 Å². The van der Waals surface area contributed by atoms with Gasteiger partial charge in [0, 0.05) is 25.7 Å². The predicted octanol–water partition coefficient (Wildman–Crippen LogP) is 0.568. The normalized spacial score (nSPS) is 14.8. The van der Waals surface area contributed by atoms with Crippen LogP contribution in [-0.2, 0) is 4.79 Å². The molecule has 2 aromatic rings. The minimum absolute atomic E-state index is 0.154. The molecule has 0 atom stereocenters. The lowest BCUT2D eigenvalue weighted by atomic mass is 10.2. The summed E-state index contributed by atoms with van der Waals surface area (Å²) in [4.78, 5) is 43.6. The second kappa shape index (κ2) is 4.93. The van der Waals surface area contributed by atoms with Gasteiger partial charge >= 0.3 is 5.69 Å². The lowest BCUT2D eigenvalue weighted by Crippen LogP contribution is -2.34. The summed E-state index contributed by atoms with van der Waals surface area (Å²) in [5, 5.41) is 0. The third kappa shape index (κ3) is 2.22. The fourth-order valence-corrected chi connectivity index (χ4v) is 2.45. The largest absolute Gasteiger partial charge is 0.327 e. The van der Waals surface area contributed by atoms with Gasteiger partial charge in [0.2, 0.25) is 5.91 Å². The van der Waals surface area contributed by atoms with Crippen LogP contribution >= 0.6 is 0 Å². The fourth-order valence-electron chi connectivity index (χ4n) is 2.45. The first kappa shape index (κ1) is 13.2. The Labute approximate surface area is 119 Å². The summed E-state index contributed by atoms with van der Waals surface area (Å²) >= 11 is 0. The van der Waals surface area contributed by atoms with Gasteiger partial charge in [0.15, 0.2) is 5.69 Å². The molecule has 0 aliphatic carbocycles. The first-order valence-electron chi connectivity index (χ1n) is 6.53. The van der Waals surface area contributed by atoms with Gasteiger partial charge in [-0.15, -0.1) is 0 Å². The molecule has 0 radical (unpaired) electrons. The standard InChI is InChI=1S/C14H14N4O3/c1-17-10(19)7-8-18(9-5-3-2-4-6-9)12-11(17)13(20)16-14(21)15-12/h2-6H,7-8H2,1H3,(H2,15,16,20,21). The van der Waals surface area contributed by atoms with Crippen molar-refractivity contribution in [3.05, 3.63) is 51.2 Å². The molecule has 1 aromatic heterocycles. The highest BCUT2D eigenvalue weighted by Crippen LogP contribution is 2.31. The Bertz CT molecular complexity index is 794. The molecule has 0 bridgehead atoms. The zero-order valence-electron chi connectivity index (χ0n) is 11.4. The Morgan fingerprint density at radius 1 is 1.05 bits per heavy atom. The molecule has 0 saturated heterocycles. The minimum Gasteiger partial charge on any atom is -0.325 e. The summed E-state index contributed by atoms with van der Waals surface area (Å²) in [6.45, 7) is 0.388. The van der Waals surface area contributed by atoms with Gasteiger partial charge < -0.3 is 9.80 Å². The number of anilines is 3. The van der Waals surface area contributed by atoms with Crippen molar-refractivity contribution in [1.29, 1.82) is 0 Å². The quantitative estimate of drug-likeness (QED) is 0.802. The number of hydrogen-bond donors (Lipinski definition) is 2. The van der Waals surface area contributed by atoms with Crippen molar-refractivity contribution in [3.8, 4) is 0 Å². The maximum atomic E-state index is 12.1. The third-order valence-electron chi connectivity index (χ3n) is 3.49. The van der Waals surface area contributed by atoms with Crippen LogP contribution in [0.4, 0.5) is 17.2 Å². The van der Waals surface area contributed by atoms with Gasteiger partial charge in [0.1, 0.15) is 5.82 Å². The van der Waals surface area contributed by atoms with E-state index in [4.69, 9.17) is 0 Å². The number of nitrogens with zero attached hydrogens (tertiary/aromatic N) is 2. The van der Waals surface area contributed by atoms with Gasteiger partial charge in [-0.1, -0.05) is 18.2 Å². The zero-order valence-corrected chi connectivity index (χ0v) is 11.4. The molecule has 3 rings (SSSR count). The van der Waals surface area contributed by atoms with Gasteiger partial charge in [-0.05, 0) is 12.1 Å². The number of aromatic amines is 2. The maximum Gasteiger partial charge on any atom is 0.327 e. The average molecular weight is 286 g/mol. The number of carbonyl (C=O) groups excluding carboxylic acids is 1. The number of hydrogen-bond acceptors (Lipinski definition) is 4. The number of aromatic nitrogens is 2. The second-order valence-corrected chi connectivity index (χ2v) is 4.80. The van der Waals surface area contributed by atoms with E-state index in [9.17, 15) is 14.4 Å². The highest BCUT2D eigenvalue weighted by atomic mass is 16.2. The molecule has 7 heteroatoms.